The van der Waals surface area contributed by atoms with Crippen molar-refractivity contribution in [3.63, 3.8) is 0 Å². The van der Waals surface area contributed by atoms with Gasteiger partial charge in [0.15, 0.2) is 5.82 Å². The predicted octanol–water partition coefficient (Wildman–Crippen LogP) is 2.28. The molecule has 2 atom stereocenters. The van der Waals surface area contributed by atoms with Gasteiger partial charge in [0, 0.05) is 11.1 Å². The van der Waals surface area contributed by atoms with Crippen molar-refractivity contribution in [2.75, 3.05) is 0 Å². The van der Waals surface area contributed by atoms with Crippen LogP contribution < -0.4 is 10.6 Å². The Hall–Kier alpha value is -2.03. The van der Waals surface area contributed by atoms with Crippen LogP contribution in [-0.4, -0.2) is 31.2 Å². The highest BCUT2D eigenvalue weighted by Gasteiger charge is 2.36. The van der Waals surface area contributed by atoms with E-state index in [1.165, 1.54) is 0 Å². The number of carbonyl (C=O) groups excluding carboxylic acids is 1. The normalized spacial score (nSPS) is 19.8. The van der Waals surface area contributed by atoms with Crippen LogP contribution in [0, 0.1) is 12.8 Å². The fraction of sp³-hybridized carbons (Fsp3) is 0.667. The molecule has 0 bridgehead atoms. The Labute approximate surface area is 144 Å². The Kier molecular flexibility index (Phi) is 3.95. The Morgan fingerprint density at radius 2 is 2.12 bits per heavy atom. The van der Waals surface area contributed by atoms with Gasteiger partial charge in [0.1, 0.15) is 5.01 Å². The Morgan fingerprint density at radius 3 is 2.75 bits per heavy atom. The number of amides is 2. The van der Waals surface area contributed by atoms with Gasteiger partial charge in [-0.25, -0.2) is 14.5 Å². The number of nitrogens with zero attached hydrogens (tertiary/aromatic N) is 5. The van der Waals surface area contributed by atoms with Crippen molar-refractivity contribution in [3.05, 3.63) is 21.9 Å². The average Bonchev–Trinajstić information content (AvgIpc) is 3.47. The van der Waals surface area contributed by atoms with E-state index in [9.17, 15) is 4.79 Å². The largest absolute Gasteiger partial charge is 0.329 e. The molecule has 0 radical (unpaired) electrons. The lowest BCUT2D eigenvalue weighted by atomic mass is 10.2. The number of tetrazole rings is 1. The number of thiazole rings is 1. The van der Waals surface area contributed by atoms with Crippen molar-refractivity contribution in [2.24, 2.45) is 5.92 Å². The lowest BCUT2D eigenvalue weighted by molar-refractivity contribution is 0.231. The van der Waals surface area contributed by atoms with Gasteiger partial charge in [-0.3, -0.25) is 0 Å². The lowest BCUT2D eigenvalue weighted by Gasteiger charge is -2.19. The molecule has 2 aliphatic carbocycles. The molecule has 9 heteroatoms. The second kappa shape index (κ2) is 6.12. The zero-order valence-corrected chi connectivity index (χ0v) is 14.6. The zero-order chi connectivity index (χ0) is 16.7. The van der Waals surface area contributed by atoms with E-state index in [-0.39, 0.29) is 18.1 Å². The van der Waals surface area contributed by atoms with Crippen molar-refractivity contribution >= 4 is 17.4 Å². The van der Waals surface area contributed by atoms with Crippen LogP contribution in [0.3, 0.4) is 0 Å². The first-order valence-electron chi connectivity index (χ1n) is 8.39. The van der Waals surface area contributed by atoms with Crippen LogP contribution in [0.5, 0.6) is 0 Å². The van der Waals surface area contributed by atoms with Crippen LogP contribution in [-0.2, 0) is 0 Å². The molecule has 8 nitrogen and oxygen atoms in total. The summed E-state index contributed by atoms with van der Waals surface area (Å²) in [5.41, 5.74) is 0. The summed E-state index contributed by atoms with van der Waals surface area (Å²) in [5.74, 6) is 1.20. The summed E-state index contributed by atoms with van der Waals surface area (Å²) in [6.07, 6.45) is 6.34. The summed E-state index contributed by atoms with van der Waals surface area (Å²) in [6.45, 7) is 3.94. The van der Waals surface area contributed by atoms with E-state index >= 15 is 0 Å². The number of aryl methyl sites for hydroxylation is 1. The van der Waals surface area contributed by atoms with Crippen LogP contribution in [0.1, 0.15) is 66.4 Å². The molecule has 2 heterocycles. The Morgan fingerprint density at radius 1 is 1.33 bits per heavy atom. The lowest BCUT2D eigenvalue weighted by Crippen LogP contribution is -2.40. The summed E-state index contributed by atoms with van der Waals surface area (Å²) in [7, 11) is 0. The number of carbonyl (C=O) groups is 1. The minimum absolute atomic E-state index is 0.00433. The van der Waals surface area contributed by atoms with E-state index in [4.69, 9.17) is 0 Å². The van der Waals surface area contributed by atoms with Gasteiger partial charge in [0.25, 0.3) is 0 Å². The molecule has 2 amide bonds. The molecule has 24 heavy (non-hydrogen) atoms. The molecular weight excluding hydrogens is 326 g/mol. The van der Waals surface area contributed by atoms with E-state index in [0.717, 1.165) is 35.6 Å². The van der Waals surface area contributed by atoms with Gasteiger partial charge in [-0.2, -0.15) is 0 Å². The van der Waals surface area contributed by atoms with Crippen molar-refractivity contribution in [1.82, 2.24) is 35.8 Å². The number of nitrogens with one attached hydrogen (secondary N) is 2. The third-order valence-electron chi connectivity index (χ3n) is 4.43. The van der Waals surface area contributed by atoms with E-state index in [2.05, 4.69) is 31.1 Å². The highest BCUT2D eigenvalue weighted by atomic mass is 32.1. The summed E-state index contributed by atoms with van der Waals surface area (Å²) >= 11 is 1.65. The molecule has 0 aliphatic heterocycles. The van der Waals surface area contributed by atoms with Crippen molar-refractivity contribution in [1.29, 1.82) is 0 Å². The molecule has 2 aromatic rings. The molecule has 4 rings (SSSR count). The molecule has 0 aromatic carbocycles. The highest BCUT2D eigenvalue weighted by molar-refractivity contribution is 7.11. The van der Waals surface area contributed by atoms with Crippen LogP contribution in [0.2, 0.25) is 0 Å². The second-order valence-corrected chi connectivity index (χ2v) is 7.94. The van der Waals surface area contributed by atoms with Gasteiger partial charge in [0.05, 0.1) is 18.1 Å². The van der Waals surface area contributed by atoms with E-state index in [1.54, 1.807) is 11.3 Å². The van der Waals surface area contributed by atoms with Crippen LogP contribution in [0.4, 0.5) is 4.79 Å². The van der Waals surface area contributed by atoms with E-state index in [0.29, 0.717) is 17.8 Å². The number of rotatable bonds is 6. The van der Waals surface area contributed by atoms with Crippen molar-refractivity contribution < 1.29 is 4.79 Å². The molecule has 2 N–H and O–H groups in total. The Balaban J connectivity index is 1.40. The second-order valence-electron chi connectivity index (χ2n) is 6.68. The minimum atomic E-state index is -0.238. The highest BCUT2D eigenvalue weighted by Crippen LogP contribution is 2.42. The van der Waals surface area contributed by atoms with Gasteiger partial charge in [-0.05, 0) is 55.9 Å². The minimum Gasteiger partial charge on any atom is -0.329 e. The quantitative estimate of drug-likeness (QED) is 0.835. The monoisotopic (exact) mass is 347 g/mol. The molecule has 0 unspecified atom stereocenters. The molecule has 0 saturated heterocycles. The third-order valence-corrected chi connectivity index (χ3v) is 5.43. The molecule has 0 spiro atoms. The Bertz CT molecular complexity index is 734. The third kappa shape index (κ3) is 3.26. The summed E-state index contributed by atoms with van der Waals surface area (Å²) in [4.78, 5) is 18.1. The molecule has 2 aromatic heterocycles. The van der Waals surface area contributed by atoms with Crippen LogP contribution in [0.15, 0.2) is 6.20 Å². The van der Waals surface area contributed by atoms with Crippen LogP contribution >= 0.6 is 11.3 Å². The van der Waals surface area contributed by atoms with Crippen molar-refractivity contribution in [2.45, 2.75) is 57.7 Å². The van der Waals surface area contributed by atoms with Gasteiger partial charge in [-0.15, -0.1) is 16.4 Å². The number of urea groups is 1. The fourth-order valence-electron chi connectivity index (χ4n) is 2.84. The summed E-state index contributed by atoms with van der Waals surface area (Å²) in [6, 6.07) is -0.0498. The first kappa shape index (κ1) is 15.5. The molecule has 2 aliphatic rings. The fourth-order valence-corrected chi connectivity index (χ4v) is 3.75. The van der Waals surface area contributed by atoms with Gasteiger partial charge in [0.2, 0.25) is 0 Å². The molecular formula is C15H21N7OS. The maximum Gasteiger partial charge on any atom is 0.315 e. The standard InChI is InChI=1S/C15H21N7OS/c1-8-7-16-14(24-8)12(10-3-4-10)18-15(23)17-9(2)13-19-20-21-22(13)11-5-6-11/h7,9-12H,3-6H2,1-2H3,(H2,17,18,23)/t9-,12-/m0/s1. The number of aromatic nitrogens is 5. The van der Waals surface area contributed by atoms with Gasteiger partial charge in [-0.1, -0.05) is 0 Å². The summed E-state index contributed by atoms with van der Waals surface area (Å²) in [5, 5.41) is 18.9. The average molecular weight is 347 g/mol. The molecule has 128 valence electrons. The smallest absolute Gasteiger partial charge is 0.315 e. The summed E-state index contributed by atoms with van der Waals surface area (Å²) < 4.78 is 1.83. The predicted molar refractivity (Wildman–Crippen MR) is 88.5 cm³/mol. The number of hydrogen-bond donors (Lipinski definition) is 2. The molecule has 2 saturated carbocycles. The first-order chi connectivity index (χ1) is 11.6. The topological polar surface area (TPSA) is 97.6 Å². The van der Waals surface area contributed by atoms with Gasteiger partial charge < -0.3 is 10.6 Å². The zero-order valence-electron chi connectivity index (χ0n) is 13.8. The first-order valence-corrected chi connectivity index (χ1v) is 9.20. The maximum atomic E-state index is 12.4. The van der Waals surface area contributed by atoms with E-state index in [1.807, 2.05) is 24.7 Å². The van der Waals surface area contributed by atoms with E-state index < -0.39 is 0 Å². The number of hydrogen-bond acceptors (Lipinski definition) is 6. The van der Waals surface area contributed by atoms with Gasteiger partial charge >= 0.3 is 6.03 Å². The van der Waals surface area contributed by atoms with Crippen LogP contribution in [0.25, 0.3) is 0 Å². The SMILES string of the molecule is Cc1cnc([C@@H](NC(=O)N[C@@H](C)c2nnnn2C2CC2)C2CC2)s1. The molecule has 2 fully saturated rings. The maximum absolute atomic E-state index is 12.4. The van der Waals surface area contributed by atoms with Crippen molar-refractivity contribution in [3.8, 4) is 0 Å².